The second-order valence-corrected chi connectivity index (χ2v) is 7.33. The lowest BCUT2D eigenvalue weighted by Gasteiger charge is -2.13. The molecule has 0 aliphatic carbocycles. The van der Waals surface area contributed by atoms with Crippen LogP contribution in [0.5, 0.6) is 11.8 Å². The minimum atomic E-state index is -4.55. The van der Waals surface area contributed by atoms with Crippen molar-refractivity contribution >= 4 is 23.5 Å². The molecule has 0 spiro atoms. The minimum absolute atomic E-state index is 0.0231. The number of hydrogen-bond acceptors (Lipinski definition) is 8. The van der Waals surface area contributed by atoms with E-state index < -0.39 is 18.8 Å². The normalized spacial score (nSPS) is 14.4. The molecule has 2 aromatic carbocycles. The Labute approximate surface area is 192 Å². The van der Waals surface area contributed by atoms with Crippen LogP contribution in [0.1, 0.15) is 22.3 Å². The molecule has 6 bridgehead atoms. The van der Waals surface area contributed by atoms with Crippen LogP contribution in [0.15, 0.2) is 48.5 Å². The summed E-state index contributed by atoms with van der Waals surface area (Å²) in [6.45, 7) is -0.339. The molecule has 4 aliphatic heterocycles. The lowest BCUT2D eigenvalue weighted by Crippen LogP contribution is -2.25. The molecule has 0 unspecified atom stereocenters. The molecule has 0 saturated heterocycles. The fourth-order valence-electron chi connectivity index (χ4n) is 2.99. The van der Waals surface area contributed by atoms with Crippen LogP contribution in [0, 0.1) is 0 Å². The van der Waals surface area contributed by atoms with Gasteiger partial charge in [-0.2, -0.15) is 28.1 Å². The number of halogens is 3. The predicted octanol–water partition coefficient (Wildman–Crippen LogP) is 3.68. The second-order valence-electron chi connectivity index (χ2n) is 7.33. The molecule has 7 rings (SSSR count). The average Bonchev–Trinajstić information content (AvgIpc) is 2.81. The molecule has 34 heavy (non-hydrogen) atoms. The number of benzene rings is 2. The Hall–Kier alpha value is -4.09. The first-order valence-corrected chi connectivity index (χ1v) is 10.4. The van der Waals surface area contributed by atoms with Gasteiger partial charge in [-0.1, -0.05) is 12.1 Å². The fourth-order valence-corrected chi connectivity index (χ4v) is 2.99. The van der Waals surface area contributed by atoms with Crippen LogP contribution in [-0.4, -0.2) is 46.8 Å². The molecule has 0 atom stereocenters. The van der Waals surface area contributed by atoms with Crippen LogP contribution < -0.4 is 25.4 Å². The summed E-state index contributed by atoms with van der Waals surface area (Å²) in [6, 6.07) is 13.3. The van der Waals surface area contributed by atoms with Crippen molar-refractivity contribution in [1.29, 1.82) is 0 Å². The van der Waals surface area contributed by atoms with E-state index in [1.165, 1.54) is 0 Å². The zero-order chi connectivity index (χ0) is 24.0. The maximum atomic E-state index is 12.6. The summed E-state index contributed by atoms with van der Waals surface area (Å²) in [4.78, 5) is 24.4. The molecule has 9 nitrogen and oxygen atoms in total. The van der Waals surface area contributed by atoms with Crippen molar-refractivity contribution in [3.63, 3.8) is 0 Å². The van der Waals surface area contributed by atoms with Crippen molar-refractivity contribution in [2.75, 3.05) is 30.4 Å². The van der Waals surface area contributed by atoms with Gasteiger partial charge in [0.1, 0.15) is 5.75 Å². The van der Waals surface area contributed by atoms with Crippen LogP contribution in [0.25, 0.3) is 0 Å². The number of alkyl halides is 3. The van der Waals surface area contributed by atoms with Gasteiger partial charge in [0.05, 0.1) is 6.61 Å². The fraction of sp³-hybridized carbons (Fsp3) is 0.273. The Kier molecular flexibility index (Phi) is 6.95. The molecule has 4 aliphatic rings. The van der Waals surface area contributed by atoms with E-state index in [9.17, 15) is 18.0 Å². The maximum absolute atomic E-state index is 12.6. The van der Waals surface area contributed by atoms with Gasteiger partial charge in [0.2, 0.25) is 11.9 Å². The quantitative estimate of drug-likeness (QED) is 0.516. The van der Waals surface area contributed by atoms with Crippen molar-refractivity contribution in [1.82, 2.24) is 20.3 Å². The van der Waals surface area contributed by atoms with Crippen LogP contribution in [0.3, 0.4) is 0 Å². The Bertz CT molecular complexity index is 1120. The number of rotatable bonds is 2. The number of anilines is 3. The number of nitrogens with zero attached hydrogens (tertiary/aromatic N) is 3. The minimum Gasteiger partial charge on any atom is -0.494 e. The average molecular weight is 474 g/mol. The van der Waals surface area contributed by atoms with E-state index in [-0.39, 0.29) is 17.8 Å². The Morgan fingerprint density at radius 2 is 1.68 bits per heavy atom. The molecule has 0 fully saturated rings. The van der Waals surface area contributed by atoms with Crippen molar-refractivity contribution in [2.24, 2.45) is 0 Å². The van der Waals surface area contributed by atoms with Crippen LogP contribution in [0.4, 0.5) is 30.8 Å². The number of carbonyl (C=O) groups is 1. The Balaban J connectivity index is 1.61. The smallest absolute Gasteiger partial charge is 0.422 e. The van der Waals surface area contributed by atoms with Crippen molar-refractivity contribution in [3.05, 3.63) is 59.7 Å². The molecule has 12 heteroatoms. The highest BCUT2D eigenvalue weighted by Gasteiger charge is 2.29. The van der Waals surface area contributed by atoms with Crippen molar-refractivity contribution < 1.29 is 27.4 Å². The monoisotopic (exact) mass is 474 g/mol. The number of ether oxygens (including phenoxy) is 2. The van der Waals surface area contributed by atoms with Gasteiger partial charge in [-0.3, -0.25) is 4.79 Å². The first-order chi connectivity index (χ1) is 16.3. The van der Waals surface area contributed by atoms with Gasteiger partial charge in [-0.15, -0.1) is 0 Å². The van der Waals surface area contributed by atoms with E-state index >= 15 is 0 Å². The molecular formula is C22H21F3N6O3. The van der Waals surface area contributed by atoms with Crippen molar-refractivity contribution in [3.8, 4) is 11.8 Å². The van der Waals surface area contributed by atoms with Gasteiger partial charge in [-0.05, 0) is 48.4 Å². The largest absolute Gasteiger partial charge is 0.494 e. The van der Waals surface area contributed by atoms with E-state index in [0.29, 0.717) is 43.1 Å². The summed E-state index contributed by atoms with van der Waals surface area (Å²) in [5, 5.41) is 8.68. The molecule has 1 aromatic heterocycles. The van der Waals surface area contributed by atoms with E-state index in [0.717, 1.165) is 5.56 Å². The summed E-state index contributed by atoms with van der Waals surface area (Å²) in [7, 11) is 0. The third-order valence-electron chi connectivity index (χ3n) is 4.63. The molecule has 3 aromatic rings. The van der Waals surface area contributed by atoms with Crippen LogP contribution in [-0.2, 0) is 6.54 Å². The Morgan fingerprint density at radius 3 is 2.41 bits per heavy atom. The highest BCUT2D eigenvalue weighted by Crippen LogP contribution is 2.21. The molecule has 178 valence electrons. The lowest BCUT2D eigenvalue weighted by molar-refractivity contribution is -0.154. The highest BCUT2D eigenvalue weighted by atomic mass is 19.4. The zero-order valence-corrected chi connectivity index (χ0v) is 17.9. The standard InChI is InChI=1S/C22H21F3N6O3/c23-22(24,25)13-34-21-30-19-27-12-14-2-8-17(9-3-14)33-11-1-10-26-18(32)15-4-6-16(7-5-15)28-20(29-19)31-21/h2-9H,1,10-13H2,(H,26,32)(H2,27,28,29,30,31). The van der Waals surface area contributed by atoms with Crippen LogP contribution in [0.2, 0.25) is 0 Å². The number of amides is 1. The summed E-state index contributed by atoms with van der Waals surface area (Å²) < 4.78 is 48.2. The van der Waals surface area contributed by atoms with Gasteiger partial charge < -0.3 is 25.4 Å². The SMILES string of the molecule is O=C1NCCCOc2ccc(cc2)CNc2nc(nc(OCC(F)(F)F)n2)Nc2ccc1cc2. The molecule has 1 amide bonds. The maximum Gasteiger partial charge on any atom is 0.422 e. The number of aromatic nitrogens is 3. The summed E-state index contributed by atoms with van der Waals surface area (Å²) in [6.07, 6.45) is -3.90. The second kappa shape index (κ2) is 10.2. The lowest BCUT2D eigenvalue weighted by atomic mass is 10.2. The highest BCUT2D eigenvalue weighted by molar-refractivity contribution is 5.94. The first kappa shape index (κ1) is 23.1. The van der Waals surface area contributed by atoms with E-state index in [4.69, 9.17) is 9.47 Å². The van der Waals surface area contributed by atoms with Crippen molar-refractivity contribution in [2.45, 2.75) is 19.1 Å². The topological polar surface area (TPSA) is 110 Å². The molecule has 0 saturated carbocycles. The van der Waals surface area contributed by atoms with Gasteiger partial charge in [0, 0.05) is 24.3 Å². The van der Waals surface area contributed by atoms with E-state index in [1.54, 1.807) is 36.4 Å². The number of nitrogens with one attached hydrogen (secondary N) is 3. The summed E-state index contributed by atoms with van der Waals surface area (Å²) in [5.41, 5.74) is 1.84. The van der Waals surface area contributed by atoms with E-state index in [1.807, 2.05) is 12.1 Å². The molecular weight excluding hydrogens is 453 g/mol. The van der Waals surface area contributed by atoms with Gasteiger partial charge in [0.15, 0.2) is 6.61 Å². The van der Waals surface area contributed by atoms with Gasteiger partial charge in [0.25, 0.3) is 5.91 Å². The predicted molar refractivity (Wildman–Crippen MR) is 117 cm³/mol. The Morgan fingerprint density at radius 1 is 0.941 bits per heavy atom. The number of hydrogen-bond donors (Lipinski definition) is 3. The third kappa shape index (κ3) is 6.70. The number of carbonyl (C=O) groups excluding carboxylic acids is 1. The van der Waals surface area contributed by atoms with Crippen LogP contribution >= 0.6 is 0 Å². The molecule has 0 radical (unpaired) electrons. The first-order valence-electron chi connectivity index (χ1n) is 10.4. The van der Waals surface area contributed by atoms with Gasteiger partial charge in [-0.25, -0.2) is 0 Å². The zero-order valence-electron chi connectivity index (χ0n) is 17.9. The van der Waals surface area contributed by atoms with E-state index in [2.05, 4.69) is 30.9 Å². The summed E-state index contributed by atoms with van der Waals surface area (Å²) in [5.74, 6) is 0.444. The molecule has 5 heterocycles. The summed E-state index contributed by atoms with van der Waals surface area (Å²) >= 11 is 0. The third-order valence-corrected chi connectivity index (χ3v) is 4.63. The molecule has 3 N–H and O–H groups in total. The van der Waals surface area contributed by atoms with Gasteiger partial charge >= 0.3 is 12.2 Å².